The molecule has 5 N–H and O–H groups in total. The number of hydrazine groups is 1. The largest absolute Gasteiger partial charge is 0.496 e. The molecule has 19 heavy (non-hydrogen) atoms. The molecule has 0 aliphatic carbocycles. The van der Waals surface area contributed by atoms with Gasteiger partial charge in [-0.25, -0.2) is 10.4 Å². The number of nitrogens with two attached hydrogens (primary N) is 2. The van der Waals surface area contributed by atoms with Crippen molar-refractivity contribution in [3.05, 3.63) is 52.7 Å². The van der Waals surface area contributed by atoms with Crippen molar-refractivity contribution in [3.63, 3.8) is 0 Å². The van der Waals surface area contributed by atoms with Crippen LogP contribution in [0, 0.1) is 0 Å². The van der Waals surface area contributed by atoms with Gasteiger partial charge in [0.15, 0.2) is 0 Å². The third kappa shape index (κ3) is 2.78. The number of nitrogens with zero attached hydrogens (tertiary/aromatic N) is 1. The number of aromatic nitrogens is 1. The van der Waals surface area contributed by atoms with E-state index in [1.807, 2.05) is 24.3 Å². The summed E-state index contributed by atoms with van der Waals surface area (Å²) in [7, 11) is 1.60. The second-order valence-electron chi connectivity index (χ2n) is 3.97. The van der Waals surface area contributed by atoms with Crippen molar-refractivity contribution in [3.8, 4) is 5.75 Å². The number of rotatable bonds is 4. The molecular formula is C13H15ClN4O. The van der Waals surface area contributed by atoms with E-state index < -0.39 is 0 Å². The quantitative estimate of drug-likeness (QED) is 0.587. The monoisotopic (exact) mass is 278 g/mol. The first-order chi connectivity index (χ1) is 9.17. The fraction of sp³-hybridized carbons (Fsp3) is 0.154. The number of ether oxygens (including phenoxy) is 1. The standard InChI is InChI=1S/C13H15ClN4O/c1-19-11-5-3-2-4-9(11)12(18-16)10-6-8(14)7-17-13(10)15/h2-7,12,18H,16H2,1H3,(H2,15,17). The highest BCUT2D eigenvalue weighted by molar-refractivity contribution is 6.30. The van der Waals surface area contributed by atoms with Crippen LogP contribution in [0.2, 0.25) is 5.02 Å². The van der Waals surface area contributed by atoms with Gasteiger partial charge in [-0.15, -0.1) is 0 Å². The first-order valence-electron chi connectivity index (χ1n) is 5.67. The van der Waals surface area contributed by atoms with Crippen LogP contribution in [0.25, 0.3) is 0 Å². The smallest absolute Gasteiger partial charge is 0.128 e. The number of hydrogen-bond donors (Lipinski definition) is 3. The molecule has 1 heterocycles. The summed E-state index contributed by atoms with van der Waals surface area (Å²) in [6.45, 7) is 0. The lowest BCUT2D eigenvalue weighted by molar-refractivity contribution is 0.404. The van der Waals surface area contributed by atoms with Crippen LogP contribution in [0.15, 0.2) is 36.5 Å². The van der Waals surface area contributed by atoms with Crippen LogP contribution in [0.1, 0.15) is 17.2 Å². The summed E-state index contributed by atoms with van der Waals surface area (Å²) in [5, 5.41) is 0.499. The Morgan fingerprint density at radius 2 is 2.05 bits per heavy atom. The van der Waals surface area contributed by atoms with Gasteiger partial charge in [0, 0.05) is 17.3 Å². The molecule has 2 rings (SSSR count). The van der Waals surface area contributed by atoms with Crippen LogP contribution in [0.4, 0.5) is 5.82 Å². The van der Waals surface area contributed by atoms with E-state index in [9.17, 15) is 0 Å². The predicted molar refractivity (Wildman–Crippen MR) is 75.8 cm³/mol. The fourth-order valence-electron chi connectivity index (χ4n) is 1.95. The van der Waals surface area contributed by atoms with Crippen LogP contribution >= 0.6 is 11.6 Å². The van der Waals surface area contributed by atoms with Crippen molar-refractivity contribution in [1.29, 1.82) is 0 Å². The number of para-hydroxylation sites is 1. The molecule has 0 aliphatic rings. The van der Waals surface area contributed by atoms with Crippen LogP contribution in [0.3, 0.4) is 0 Å². The molecule has 0 radical (unpaired) electrons. The summed E-state index contributed by atoms with van der Waals surface area (Å²) in [5.74, 6) is 6.73. The van der Waals surface area contributed by atoms with Gasteiger partial charge in [-0.2, -0.15) is 0 Å². The third-order valence-corrected chi connectivity index (χ3v) is 3.05. The van der Waals surface area contributed by atoms with Gasteiger partial charge in [-0.1, -0.05) is 29.8 Å². The molecule has 100 valence electrons. The van der Waals surface area contributed by atoms with E-state index in [2.05, 4.69) is 10.4 Å². The average molecular weight is 279 g/mol. The first-order valence-corrected chi connectivity index (χ1v) is 6.05. The highest BCUT2D eigenvalue weighted by Crippen LogP contribution is 2.32. The predicted octanol–water partition coefficient (Wildman–Crippen LogP) is 1.88. The summed E-state index contributed by atoms with van der Waals surface area (Å²) >= 11 is 5.96. The molecule has 0 amide bonds. The van der Waals surface area contributed by atoms with Crippen molar-refractivity contribution < 1.29 is 4.74 Å². The Bertz CT molecular complexity index is 576. The molecule has 1 atom stereocenters. The molecule has 1 aromatic carbocycles. The fourth-order valence-corrected chi connectivity index (χ4v) is 2.12. The molecule has 2 aromatic rings. The molecule has 1 unspecified atom stereocenters. The van der Waals surface area contributed by atoms with Crippen LogP contribution in [-0.2, 0) is 0 Å². The number of methoxy groups -OCH3 is 1. The number of pyridine rings is 1. The van der Waals surface area contributed by atoms with Gasteiger partial charge < -0.3 is 10.5 Å². The number of benzene rings is 1. The van der Waals surface area contributed by atoms with E-state index in [-0.39, 0.29) is 6.04 Å². The highest BCUT2D eigenvalue weighted by Gasteiger charge is 2.19. The summed E-state index contributed by atoms with van der Waals surface area (Å²) in [6, 6.07) is 8.94. The Hall–Kier alpha value is -1.82. The van der Waals surface area contributed by atoms with Crippen molar-refractivity contribution in [2.75, 3.05) is 12.8 Å². The lowest BCUT2D eigenvalue weighted by atomic mass is 9.99. The van der Waals surface area contributed by atoms with Crippen molar-refractivity contribution in [2.24, 2.45) is 5.84 Å². The van der Waals surface area contributed by atoms with E-state index in [1.165, 1.54) is 6.20 Å². The zero-order valence-corrected chi connectivity index (χ0v) is 11.2. The normalized spacial score (nSPS) is 12.2. The van der Waals surface area contributed by atoms with E-state index in [1.54, 1.807) is 13.2 Å². The Labute approximate surface area is 116 Å². The maximum Gasteiger partial charge on any atom is 0.128 e. The van der Waals surface area contributed by atoms with Gasteiger partial charge in [0.05, 0.1) is 18.2 Å². The molecule has 0 fully saturated rings. The Morgan fingerprint density at radius 3 is 2.74 bits per heavy atom. The van der Waals surface area contributed by atoms with Crippen molar-refractivity contribution >= 4 is 17.4 Å². The van der Waals surface area contributed by atoms with Crippen molar-refractivity contribution in [2.45, 2.75) is 6.04 Å². The zero-order chi connectivity index (χ0) is 13.8. The van der Waals surface area contributed by atoms with E-state index in [0.29, 0.717) is 22.2 Å². The molecule has 0 saturated heterocycles. The number of anilines is 1. The summed E-state index contributed by atoms with van der Waals surface area (Å²) < 4.78 is 5.33. The average Bonchev–Trinajstić information content (AvgIpc) is 2.44. The Kier molecular flexibility index (Phi) is 4.21. The minimum absolute atomic E-state index is 0.345. The van der Waals surface area contributed by atoms with Gasteiger partial charge >= 0.3 is 0 Å². The molecule has 1 aromatic heterocycles. The van der Waals surface area contributed by atoms with Crippen LogP contribution in [0.5, 0.6) is 5.75 Å². The molecule has 5 nitrogen and oxygen atoms in total. The molecular weight excluding hydrogens is 264 g/mol. The van der Waals surface area contributed by atoms with Crippen molar-refractivity contribution in [1.82, 2.24) is 10.4 Å². The van der Waals surface area contributed by atoms with Gasteiger partial charge in [-0.3, -0.25) is 5.84 Å². The Balaban J connectivity index is 2.53. The van der Waals surface area contributed by atoms with Crippen LogP contribution in [-0.4, -0.2) is 12.1 Å². The number of nitrogen functional groups attached to an aromatic ring is 1. The topological polar surface area (TPSA) is 86.2 Å². The minimum Gasteiger partial charge on any atom is -0.496 e. The number of nitrogens with one attached hydrogen (secondary N) is 1. The number of hydrogen-bond acceptors (Lipinski definition) is 5. The zero-order valence-electron chi connectivity index (χ0n) is 10.4. The lowest BCUT2D eigenvalue weighted by Crippen LogP contribution is -2.30. The van der Waals surface area contributed by atoms with E-state index in [0.717, 1.165) is 5.56 Å². The maximum absolute atomic E-state index is 5.96. The molecule has 0 spiro atoms. The summed E-state index contributed by atoms with van der Waals surface area (Å²) in [4.78, 5) is 4.04. The second-order valence-corrected chi connectivity index (χ2v) is 4.41. The number of halogens is 1. The van der Waals surface area contributed by atoms with Crippen LogP contribution < -0.4 is 21.7 Å². The molecule has 6 heteroatoms. The van der Waals surface area contributed by atoms with Gasteiger partial charge in [0.1, 0.15) is 11.6 Å². The van der Waals surface area contributed by atoms with Gasteiger partial charge in [0.2, 0.25) is 0 Å². The minimum atomic E-state index is -0.345. The van der Waals surface area contributed by atoms with Gasteiger partial charge in [-0.05, 0) is 12.1 Å². The molecule has 0 aliphatic heterocycles. The van der Waals surface area contributed by atoms with E-state index in [4.69, 9.17) is 27.9 Å². The van der Waals surface area contributed by atoms with Gasteiger partial charge in [0.25, 0.3) is 0 Å². The highest BCUT2D eigenvalue weighted by atomic mass is 35.5. The summed E-state index contributed by atoms with van der Waals surface area (Å²) in [5.41, 5.74) is 10.2. The third-order valence-electron chi connectivity index (χ3n) is 2.84. The SMILES string of the molecule is COc1ccccc1C(NN)c1cc(Cl)cnc1N. The summed E-state index contributed by atoms with van der Waals surface area (Å²) in [6.07, 6.45) is 1.50. The molecule has 0 bridgehead atoms. The maximum atomic E-state index is 5.96. The lowest BCUT2D eigenvalue weighted by Gasteiger charge is -2.20. The molecule has 0 saturated carbocycles. The second kappa shape index (κ2) is 5.88. The van der Waals surface area contributed by atoms with E-state index >= 15 is 0 Å². The Morgan fingerprint density at radius 1 is 1.32 bits per heavy atom. The first kappa shape index (κ1) is 13.6.